The summed E-state index contributed by atoms with van der Waals surface area (Å²) in [5.41, 5.74) is -0.526. The summed E-state index contributed by atoms with van der Waals surface area (Å²) in [5.74, 6) is -1.67. The molecule has 21 heavy (non-hydrogen) atoms. The number of benzene rings is 2. The molecule has 1 N–H and O–H groups in total. The number of non-ortho nitro benzene ring substituents is 1. The fraction of sp³-hybridized carbons (Fsp3) is 0. The number of rotatable bonds is 3. The minimum atomic E-state index is -0.855. The third kappa shape index (κ3) is 3.56. The molecule has 2 aromatic rings. The molecule has 1 amide bonds. The number of hydrogen-bond donors (Lipinski definition) is 1. The largest absolute Gasteiger partial charge is 0.321 e. The van der Waals surface area contributed by atoms with E-state index in [1.54, 1.807) is 12.1 Å². The number of halogens is 3. The van der Waals surface area contributed by atoms with Crippen molar-refractivity contribution in [3.8, 4) is 0 Å². The van der Waals surface area contributed by atoms with Crippen LogP contribution in [-0.4, -0.2) is 10.8 Å². The predicted molar refractivity (Wildman–Crippen MR) is 80.2 cm³/mol. The van der Waals surface area contributed by atoms with Gasteiger partial charge in [-0.05, 0) is 24.3 Å². The summed E-state index contributed by atoms with van der Waals surface area (Å²) in [6, 6.07) is 7.46. The highest BCUT2D eigenvalue weighted by Crippen LogP contribution is 2.26. The standard InChI is InChI=1S/C13H7BrClFN2O3/c14-7-1-4-12(10(15)5-7)17-13(19)9-6-8(18(20)21)2-3-11(9)16/h1-6H,(H,17,19). The molecule has 0 saturated carbocycles. The van der Waals surface area contributed by atoms with Crippen LogP contribution in [0.3, 0.4) is 0 Å². The lowest BCUT2D eigenvalue weighted by Crippen LogP contribution is -2.14. The molecule has 5 nitrogen and oxygen atoms in total. The Morgan fingerprint density at radius 2 is 2.00 bits per heavy atom. The van der Waals surface area contributed by atoms with Crippen LogP contribution in [0.15, 0.2) is 40.9 Å². The molecule has 8 heteroatoms. The van der Waals surface area contributed by atoms with E-state index in [9.17, 15) is 19.3 Å². The maximum absolute atomic E-state index is 13.6. The van der Waals surface area contributed by atoms with E-state index in [0.717, 1.165) is 18.2 Å². The van der Waals surface area contributed by atoms with Gasteiger partial charge in [0, 0.05) is 16.6 Å². The van der Waals surface area contributed by atoms with Gasteiger partial charge in [0.1, 0.15) is 5.82 Å². The van der Waals surface area contributed by atoms with E-state index in [2.05, 4.69) is 21.2 Å². The molecule has 0 saturated heterocycles. The Morgan fingerprint density at radius 1 is 1.29 bits per heavy atom. The van der Waals surface area contributed by atoms with Gasteiger partial charge in [-0.15, -0.1) is 0 Å². The number of amides is 1. The van der Waals surface area contributed by atoms with Gasteiger partial charge in [-0.25, -0.2) is 4.39 Å². The zero-order valence-corrected chi connectivity index (χ0v) is 12.6. The molecule has 0 radical (unpaired) electrons. The molecule has 0 aliphatic rings. The summed E-state index contributed by atoms with van der Waals surface area (Å²) < 4.78 is 14.3. The van der Waals surface area contributed by atoms with Gasteiger partial charge in [0.25, 0.3) is 11.6 Å². The average Bonchev–Trinajstić information content (AvgIpc) is 2.42. The van der Waals surface area contributed by atoms with Crippen LogP contribution in [0.1, 0.15) is 10.4 Å². The number of nitrogens with zero attached hydrogens (tertiary/aromatic N) is 1. The molecule has 0 heterocycles. The van der Waals surface area contributed by atoms with E-state index < -0.39 is 22.2 Å². The fourth-order valence-corrected chi connectivity index (χ4v) is 2.30. The summed E-state index contributed by atoms with van der Waals surface area (Å²) in [5, 5.41) is 13.3. The number of nitrogens with one attached hydrogen (secondary N) is 1. The number of nitro groups is 1. The van der Waals surface area contributed by atoms with Gasteiger partial charge < -0.3 is 5.32 Å². The van der Waals surface area contributed by atoms with Gasteiger partial charge in [0.2, 0.25) is 0 Å². The molecule has 0 unspecified atom stereocenters. The highest BCUT2D eigenvalue weighted by molar-refractivity contribution is 9.10. The maximum atomic E-state index is 13.6. The topological polar surface area (TPSA) is 72.2 Å². The van der Waals surface area contributed by atoms with Gasteiger partial charge in [-0.1, -0.05) is 27.5 Å². The first-order valence-electron chi connectivity index (χ1n) is 5.59. The van der Waals surface area contributed by atoms with Crippen LogP contribution in [-0.2, 0) is 0 Å². The van der Waals surface area contributed by atoms with Crippen LogP contribution in [0.5, 0.6) is 0 Å². The Hall–Kier alpha value is -1.99. The molecule has 0 fully saturated rings. The van der Waals surface area contributed by atoms with Crippen LogP contribution >= 0.6 is 27.5 Å². The van der Waals surface area contributed by atoms with Crippen molar-refractivity contribution in [3.63, 3.8) is 0 Å². The summed E-state index contributed by atoms with van der Waals surface area (Å²) in [6.45, 7) is 0. The summed E-state index contributed by atoms with van der Waals surface area (Å²) in [4.78, 5) is 22.0. The Morgan fingerprint density at radius 3 is 2.62 bits per heavy atom. The maximum Gasteiger partial charge on any atom is 0.270 e. The second kappa shape index (κ2) is 6.19. The third-order valence-electron chi connectivity index (χ3n) is 2.58. The van der Waals surface area contributed by atoms with Gasteiger partial charge in [0.15, 0.2) is 0 Å². The van der Waals surface area contributed by atoms with Crippen LogP contribution in [0.2, 0.25) is 5.02 Å². The van der Waals surface area contributed by atoms with Crippen molar-refractivity contribution in [3.05, 3.63) is 67.4 Å². The lowest BCUT2D eigenvalue weighted by atomic mass is 10.1. The summed E-state index contributed by atoms with van der Waals surface area (Å²) in [6.07, 6.45) is 0. The number of carbonyl (C=O) groups excluding carboxylic acids is 1. The molecule has 0 bridgehead atoms. The van der Waals surface area contributed by atoms with Crippen LogP contribution in [0.4, 0.5) is 15.8 Å². The van der Waals surface area contributed by atoms with Crippen molar-refractivity contribution >= 4 is 44.8 Å². The minimum absolute atomic E-state index is 0.253. The van der Waals surface area contributed by atoms with Crippen LogP contribution < -0.4 is 5.32 Å². The molecule has 0 aliphatic carbocycles. The Bertz CT molecular complexity index is 739. The van der Waals surface area contributed by atoms with E-state index in [0.29, 0.717) is 4.47 Å². The zero-order valence-electron chi connectivity index (χ0n) is 10.3. The third-order valence-corrected chi connectivity index (χ3v) is 3.39. The highest BCUT2D eigenvalue weighted by Gasteiger charge is 2.17. The van der Waals surface area contributed by atoms with Gasteiger partial charge in [-0.3, -0.25) is 14.9 Å². The summed E-state index contributed by atoms with van der Waals surface area (Å²) in [7, 11) is 0. The van der Waals surface area contributed by atoms with Crippen LogP contribution in [0, 0.1) is 15.9 Å². The van der Waals surface area contributed by atoms with E-state index in [4.69, 9.17) is 11.6 Å². The zero-order chi connectivity index (χ0) is 15.6. The van der Waals surface area contributed by atoms with Crippen molar-refractivity contribution in [2.24, 2.45) is 0 Å². The molecular weight excluding hydrogens is 367 g/mol. The second-order valence-electron chi connectivity index (χ2n) is 4.00. The monoisotopic (exact) mass is 372 g/mol. The molecule has 0 spiro atoms. The summed E-state index contributed by atoms with van der Waals surface area (Å²) >= 11 is 9.15. The predicted octanol–water partition coefficient (Wildman–Crippen LogP) is 4.40. The lowest BCUT2D eigenvalue weighted by Gasteiger charge is -2.08. The first kappa shape index (κ1) is 15.4. The van der Waals surface area contributed by atoms with E-state index in [1.165, 1.54) is 6.07 Å². The van der Waals surface area contributed by atoms with Crippen molar-refractivity contribution in [2.75, 3.05) is 5.32 Å². The van der Waals surface area contributed by atoms with E-state index in [-0.39, 0.29) is 16.4 Å². The van der Waals surface area contributed by atoms with Gasteiger partial charge in [-0.2, -0.15) is 0 Å². The highest BCUT2D eigenvalue weighted by atomic mass is 79.9. The van der Waals surface area contributed by atoms with Crippen LogP contribution in [0.25, 0.3) is 0 Å². The van der Waals surface area contributed by atoms with Gasteiger partial charge in [0.05, 0.1) is 21.2 Å². The quantitative estimate of drug-likeness (QED) is 0.640. The van der Waals surface area contributed by atoms with Crippen molar-refractivity contribution in [2.45, 2.75) is 0 Å². The Kier molecular flexibility index (Phi) is 4.54. The Balaban J connectivity index is 2.32. The van der Waals surface area contributed by atoms with E-state index in [1.807, 2.05) is 0 Å². The molecule has 0 aromatic heterocycles. The number of nitro benzene ring substituents is 1. The Labute approximate surface area is 132 Å². The molecule has 0 aliphatic heterocycles. The molecule has 108 valence electrons. The lowest BCUT2D eigenvalue weighted by molar-refractivity contribution is -0.384. The molecule has 2 aromatic carbocycles. The van der Waals surface area contributed by atoms with Gasteiger partial charge >= 0.3 is 0 Å². The minimum Gasteiger partial charge on any atom is -0.321 e. The van der Waals surface area contributed by atoms with Crippen molar-refractivity contribution < 1.29 is 14.1 Å². The number of hydrogen-bond acceptors (Lipinski definition) is 3. The number of anilines is 1. The van der Waals surface area contributed by atoms with Crippen molar-refractivity contribution in [1.29, 1.82) is 0 Å². The fourth-order valence-electron chi connectivity index (χ4n) is 1.58. The molecular formula is C13H7BrClFN2O3. The smallest absolute Gasteiger partial charge is 0.270 e. The normalized spacial score (nSPS) is 10.2. The SMILES string of the molecule is O=C(Nc1ccc(Br)cc1Cl)c1cc([N+](=O)[O-])ccc1F. The molecule has 2 rings (SSSR count). The molecule has 0 atom stereocenters. The van der Waals surface area contributed by atoms with E-state index >= 15 is 0 Å². The average molecular weight is 374 g/mol. The first-order chi connectivity index (χ1) is 9.88. The number of carbonyl (C=O) groups is 1. The first-order valence-corrected chi connectivity index (χ1v) is 6.76. The second-order valence-corrected chi connectivity index (χ2v) is 5.32. The van der Waals surface area contributed by atoms with Crippen molar-refractivity contribution in [1.82, 2.24) is 0 Å².